The van der Waals surface area contributed by atoms with E-state index in [4.69, 9.17) is 4.74 Å². The van der Waals surface area contributed by atoms with Gasteiger partial charge in [0.1, 0.15) is 0 Å². The molecule has 2 heterocycles. The first-order valence-electron chi connectivity index (χ1n) is 6.29. The van der Waals surface area contributed by atoms with Crippen LogP contribution in [-0.2, 0) is 9.53 Å². The largest absolute Gasteiger partial charge is 0.368 e. The number of hydrogen-bond donors (Lipinski definition) is 1. The van der Waals surface area contributed by atoms with Crippen molar-refractivity contribution in [1.82, 2.24) is 10.2 Å². The third kappa shape index (κ3) is 3.54. The van der Waals surface area contributed by atoms with Gasteiger partial charge in [-0.05, 0) is 29.3 Å². The minimum absolute atomic E-state index is 0.0984. The molecule has 1 aliphatic heterocycles. The van der Waals surface area contributed by atoms with Gasteiger partial charge >= 0.3 is 0 Å². The summed E-state index contributed by atoms with van der Waals surface area (Å²) in [6.45, 7) is 4.66. The number of morpholine rings is 1. The zero-order valence-electron chi connectivity index (χ0n) is 10.9. The van der Waals surface area contributed by atoms with Crippen LogP contribution in [-0.4, -0.2) is 43.6 Å². The number of amides is 1. The number of hydrogen-bond acceptors (Lipinski definition) is 4. The zero-order chi connectivity index (χ0) is 13.0. The molecular formula is C13H20N2O2S. The van der Waals surface area contributed by atoms with Crippen LogP contribution < -0.4 is 5.32 Å². The average Bonchev–Trinajstić information content (AvgIpc) is 2.89. The fraction of sp³-hybridized carbons (Fsp3) is 0.615. The van der Waals surface area contributed by atoms with Gasteiger partial charge in [0.15, 0.2) is 0 Å². The Kier molecular flexibility index (Phi) is 4.74. The monoisotopic (exact) mass is 268 g/mol. The van der Waals surface area contributed by atoms with Crippen molar-refractivity contribution in [2.45, 2.75) is 25.6 Å². The fourth-order valence-electron chi connectivity index (χ4n) is 2.25. The molecular weight excluding hydrogens is 248 g/mol. The van der Waals surface area contributed by atoms with Gasteiger partial charge in [-0.3, -0.25) is 9.69 Å². The lowest BCUT2D eigenvalue weighted by atomic mass is 10.1. The summed E-state index contributed by atoms with van der Waals surface area (Å²) >= 11 is 1.69. The third-order valence-electron chi connectivity index (χ3n) is 3.18. The van der Waals surface area contributed by atoms with Crippen LogP contribution in [0.4, 0.5) is 0 Å². The van der Waals surface area contributed by atoms with Gasteiger partial charge in [-0.25, -0.2) is 0 Å². The highest BCUT2D eigenvalue weighted by Crippen LogP contribution is 2.26. The average molecular weight is 268 g/mol. The fourth-order valence-corrected chi connectivity index (χ4v) is 2.95. The van der Waals surface area contributed by atoms with Crippen molar-refractivity contribution < 1.29 is 9.53 Å². The first-order chi connectivity index (χ1) is 8.69. The van der Waals surface area contributed by atoms with E-state index in [2.05, 4.69) is 34.0 Å². The molecule has 1 saturated heterocycles. The maximum atomic E-state index is 11.3. The summed E-state index contributed by atoms with van der Waals surface area (Å²) in [5.74, 6) is 0.0984. The van der Waals surface area contributed by atoms with E-state index in [0.717, 1.165) is 19.6 Å². The Labute approximate surface area is 112 Å². The predicted molar refractivity (Wildman–Crippen MR) is 72.7 cm³/mol. The zero-order valence-corrected chi connectivity index (χ0v) is 11.7. The van der Waals surface area contributed by atoms with E-state index in [1.807, 2.05) is 0 Å². The van der Waals surface area contributed by atoms with E-state index in [9.17, 15) is 4.79 Å². The molecule has 1 amide bonds. The molecule has 0 spiro atoms. The van der Waals surface area contributed by atoms with Gasteiger partial charge in [0, 0.05) is 33.1 Å². The van der Waals surface area contributed by atoms with Gasteiger partial charge in [-0.2, -0.15) is 11.3 Å². The Morgan fingerprint density at radius 3 is 3.11 bits per heavy atom. The maximum Gasteiger partial charge on any atom is 0.221 e. The number of thiophene rings is 1. The Morgan fingerprint density at radius 2 is 2.44 bits per heavy atom. The van der Waals surface area contributed by atoms with Crippen molar-refractivity contribution in [3.05, 3.63) is 22.4 Å². The summed E-state index contributed by atoms with van der Waals surface area (Å²) in [6.07, 6.45) is 0.914. The molecule has 1 aliphatic rings. The molecule has 1 aromatic heterocycles. The molecule has 0 aliphatic carbocycles. The number of ether oxygens (including phenoxy) is 1. The molecule has 5 heteroatoms. The summed E-state index contributed by atoms with van der Waals surface area (Å²) in [4.78, 5) is 13.6. The standard InChI is InChI=1S/C13H20N2O2S/c1-10-7-15(5-3-13(16)14-2)8-12(17-10)11-4-6-18-9-11/h4,6,9-10,12H,3,5,7-8H2,1-2H3,(H,14,16)/t10-,12+/m0/s1. The van der Waals surface area contributed by atoms with Gasteiger partial charge in [-0.1, -0.05) is 0 Å². The molecule has 1 aromatic rings. The molecule has 100 valence electrons. The van der Waals surface area contributed by atoms with Crippen LogP contribution in [0.2, 0.25) is 0 Å². The Morgan fingerprint density at radius 1 is 1.61 bits per heavy atom. The summed E-state index contributed by atoms with van der Waals surface area (Å²) < 4.78 is 5.96. The lowest BCUT2D eigenvalue weighted by Crippen LogP contribution is -2.43. The number of carbonyl (C=O) groups excluding carboxylic acids is 1. The lowest BCUT2D eigenvalue weighted by molar-refractivity contribution is -0.122. The first kappa shape index (κ1) is 13.5. The molecule has 0 unspecified atom stereocenters. The lowest BCUT2D eigenvalue weighted by Gasteiger charge is -2.36. The van der Waals surface area contributed by atoms with Crippen LogP contribution in [0.3, 0.4) is 0 Å². The molecule has 4 nitrogen and oxygen atoms in total. The van der Waals surface area contributed by atoms with Crippen LogP contribution in [0.1, 0.15) is 25.0 Å². The molecule has 0 aromatic carbocycles. The molecule has 0 saturated carbocycles. The van der Waals surface area contributed by atoms with Crippen molar-refractivity contribution in [2.75, 3.05) is 26.7 Å². The highest BCUT2D eigenvalue weighted by atomic mass is 32.1. The van der Waals surface area contributed by atoms with Crippen LogP contribution in [0.15, 0.2) is 16.8 Å². The highest BCUT2D eigenvalue weighted by Gasteiger charge is 2.26. The summed E-state index contributed by atoms with van der Waals surface area (Å²) in [5.41, 5.74) is 1.25. The smallest absolute Gasteiger partial charge is 0.221 e. The van der Waals surface area contributed by atoms with Crippen molar-refractivity contribution in [3.8, 4) is 0 Å². The highest BCUT2D eigenvalue weighted by molar-refractivity contribution is 7.07. The van der Waals surface area contributed by atoms with Gasteiger partial charge < -0.3 is 10.1 Å². The molecule has 18 heavy (non-hydrogen) atoms. The summed E-state index contributed by atoms with van der Waals surface area (Å²) in [6, 6.07) is 2.12. The van der Waals surface area contributed by atoms with E-state index >= 15 is 0 Å². The first-order valence-corrected chi connectivity index (χ1v) is 7.24. The Hall–Kier alpha value is -0.910. The second kappa shape index (κ2) is 6.31. The Balaban J connectivity index is 1.90. The van der Waals surface area contributed by atoms with E-state index in [0.29, 0.717) is 6.42 Å². The van der Waals surface area contributed by atoms with Gasteiger partial charge in [0.05, 0.1) is 12.2 Å². The maximum absolute atomic E-state index is 11.3. The number of nitrogens with zero attached hydrogens (tertiary/aromatic N) is 1. The van der Waals surface area contributed by atoms with Crippen LogP contribution in [0, 0.1) is 0 Å². The van der Waals surface area contributed by atoms with Crippen molar-refractivity contribution in [2.24, 2.45) is 0 Å². The predicted octanol–water partition coefficient (Wildman–Crippen LogP) is 1.65. The van der Waals surface area contributed by atoms with E-state index < -0.39 is 0 Å². The minimum atomic E-state index is 0.0984. The Bertz CT molecular complexity index is 380. The third-order valence-corrected chi connectivity index (χ3v) is 3.89. The van der Waals surface area contributed by atoms with E-state index in [1.165, 1.54) is 5.56 Å². The summed E-state index contributed by atoms with van der Waals surface area (Å²) in [7, 11) is 1.68. The van der Waals surface area contributed by atoms with Crippen molar-refractivity contribution in [1.29, 1.82) is 0 Å². The molecule has 0 bridgehead atoms. The number of nitrogens with one attached hydrogen (secondary N) is 1. The summed E-state index contributed by atoms with van der Waals surface area (Å²) in [5, 5.41) is 6.87. The molecule has 1 N–H and O–H groups in total. The molecule has 0 radical (unpaired) electrons. The quantitative estimate of drug-likeness (QED) is 0.902. The van der Waals surface area contributed by atoms with Crippen LogP contribution in [0.25, 0.3) is 0 Å². The topological polar surface area (TPSA) is 41.6 Å². The van der Waals surface area contributed by atoms with Gasteiger partial charge in [0.2, 0.25) is 5.91 Å². The van der Waals surface area contributed by atoms with Gasteiger partial charge in [-0.15, -0.1) is 0 Å². The van der Waals surface area contributed by atoms with Gasteiger partial charge in [0.25, 0.3) is 0 Å². The molecule has 2 rings (SSSR count). The second-order valence-corrected chi connectivity index (χ2v) is 5.45. The SMILES string of the molecule is CNC(=O)CCN1C[C@H](C)O[C@@H](c2ccsc2)C1. The van der Waals surface area contributed by atoms with Crippen LogP contribution in [0.5, 0.6) is 0 Å². The normalized spacial score (nSPS) is 25.0. The number of rotatable bonds is 4. The van der Waals surface area contributed by atoms with E-state index in [1.54, 1.807) is 18.4 Å². The molecule has 2 atom stereocenters. The molecule has 1 fully saturated rings. The van der Waals surface area contributed by atoms with E-state index in [-0.39, 0.29) is 18.1 Å². The van der Waals surface area contributed by atoms with Crippen LogP contribution >= 0.6 is 11.3 Å². The van der Waals surface area contributed by atoms with Crippen molar-refractivity contribution >= 4 is 17.2 Å². The van der Waals surface area contributed by atoms with Crippen molar-refractivity contribution in [3.63, 3.8) is 0 Å². The second-order valence-electron chi connectivity index (χ2n) is 4.67. The minimum Gasteiger partial charge on any atom is -0.368 e. The number of carbonyl (C=O) groups is 1.